The van der Waals surface area contributed by atoms with Crippen molar-refractivity contribution >= 4 is 42.5 Å². The number of nitrogens with zero attached hydrogens (tertiary/aromatic N) is 2. The number of hydrogen-bond donors (Lipinski definition) is 0. The number of halogens is 3. The van der Waals surface area contributed by atoms with Crippen molar-refractivity contribution in [3.8, 4) is 0 Å². The first-order valence-electron chi connectivity index (χ1n) is 7.15. The Morgan fingerprint density at radius 3 is 2.47 bits per heavy atom. The van der Waals surface area contributed by atoms with Crippen LogP contribution in [0.2, 0.25) is 0 Å². The lowest BCUT2D eigenvalue weighted by Gasteiger charge is -2.40. The molecule has 4 nitrogen and oxygen atoms in total. The van der Waals surface area contributed by atoms with Gasteiger partial charge in [0.15, 0.2) is 0 Å². The van der Waals surface area contributed by atoms with Crippen LogP contribution in [-0.4, -0.2) is 59.7 Å². The Morgan fingerprint density at radius 2 is 1.94 bits per heavy atom. The Bertz CT molecular complexity index is 399. The summed E-state index contributed by atoms with van der Waals surface area (Å²) in [6, 6.07) is 0. The Labute approximate surface area is 123 Å². The summed E-state index contributed by atoms with van der Waals surface area (Å²) in [6.07, 6.45) is -0.559. The van der Waals surface area contributed by atoms with Crippen molar-refractivity contribution in [1.82, 2.24) is 9.34 Å². The van der Waals surface area contributed by atoms with Crippen molar-refractivity contribution < 1.29 is 14.6 Å². The maximum absolute atomic E-state index is 13.2. The van der Waals surface area contributed by atoms with Crippen LogP contribution in [0.5, 0.6) is 0 Å². The van der Waals surface area contributed by atoms with Gasteiger partial charge in [0.25, 0.3) is 0 Å². The molecule has 1 aliphatic rings. The van der Waals surface area contributed by atoms with Gasteiger partial charge in [-0.05, 0) is 6.42 Å². The second kappa shape index (κ2) is 8.21. The molecule has 0 aliphatic carbocycles. The quantitative estimate of drug-likeness (QED) is 0.532. The lowest BCUT2D eigenvalue weighted by molar-refractivity contribution is 0.171. The van der Waals surface area contributed by atoms with E-state index in [-0.39, 0.29) is 37.3 Å². The lowest BCUT2D eigenvalue weighted by atomic mass is 10.4. The average Bonchev–Trinajstić information content (AvgIpc) is 2.31. The van der Waals surface area contributed by atoms with Crippen LogP contribution in [0.25, 0.3) is 0 Å². The van der Waals surface area contributed by atoms with Gasteiger partial charge in [-0.15, -0.1) is 34.8 Å². The molecule has 17 heavy (non-hydrogen) atoms. The first-order valence-corrected chi connectivity index (χ1v) is 8.28. The van der Waals surface area contributed by atoms with Gasteiger partial charge in [0.2, 0.25) is 0 Å². The highest BCUT2D eigenvalue weighted by Crippen LogP contribution is 2.56. The molecule has 0 aromatic carbocycles. The first-order chi connectivity index (χ1) is 9.63. The minimum absolute atomic E-state index is 0.0332. The van der Waals surface area contributed by atoms with Crippen molar-refractivity contribution in [1.29, 1.82) is 0 Å². The Hall–Kier alpha value is 0.980. The Morgan fingerprint density at radius 1 is 1.29 bits per heavy atom. The van der Waals surface area contributed by atoms with Crippen LogP contribution < -0.4 is 0 Å². The topological polar surface area (TPSA) is 32.8 Å². The number of hydrogen-bond acceptors (Lipinski definition) is 2. The monoisotopic (exact) mass is 326 g/mol. The SMILES string of the molecule is [2H]C1([2H])CC([2H])([2H])N(CCCl)P(=O)(N(CCCl)CCCl)O1. The van der Waals surface area contributed by atoms with Crippen LogP contribution in [-0.2, 0) is 9.09 Å². The molecule has 102 valence electrons. The molecular formula is C9H18Cl3N2O2P. The van der Waals surface area contributed by atoms with Crippen LogP contribution in [0.15, 0.2) is 0 Å². The summed E-state index contributed by atoms with van der Waals surface area (Å²) in [5.41, 5.74) is 0. The van der Waals surface area contributed by atoms with Gasteiger partial charge in [-0.25, -0.2) is 9.34 Å². The Balaban J connectivity index is 3.24. The van der Waals surface area contributed by atoms with Crippen molar-refractivity contribution in [3.63, 3.8) is 0 Å². The van der Waals surface area contributed by atoms with Crippen LogP contribution in [0.3, 0.4) is 0 Å². The molecule has 1 unspecified atom stereocenters. The normalized spacial score (nSPS) is 36.0. The van der Waals surface area contributed by atoms with Gasteiger partial charge in [-0.3, -0.25) is 4.57 Å². The molecular weight excluding hydrogens is 305 g/mol. The molecule has 1 heterocycles. The van der Waals surface area contributed by atoms with Gasteiger partial charge in [0.1, 0.15) is 0 Å². The van der Waals surface area contributed by atoms with Crippen molar-refractivity contribution in [2.45, 2.75) is 6.42 Å². The van der Waals surface area contributed by atoms with Crippen LogP contribution >= 0.6 is 42.5 Å². The van der Waals surface area contributed by atoms with Crippen molar-refractivity contribution in [2.75, 3.05) is 50.3 Å². The standard InChI is InChI=1S/C9H18Cl3N2O2P/c10-2-6-13-5-1-9-16-17(13,15)14(7-3-11)8-4-12/h1-9H2/i5D2,9D2. The fraction of sp³-hybridized carbons (Fsp3) is 1.00. The highest BCUT2D eigenvalue weighted by molar-refractivity contribution is 7.54. The molecule has 0 amide bonds. The van der Waals surface area contributed by atoms with E-state index in [0.29, 0.717) is 0 Å². The molecule has 1 fully saturated rings. The van der Waals surface area contributed by atoms with E-state index in [4.69, 9.17) is 44.8 Å². The number of rotatable bonds is 7. The van der Waals surface area contributed by atoms with E-state index in [1.54, 1.807) is 0 Å². The molecule has 0 spiro atoms. The maximum Gasteiger partial charge on any atom is 0.346 e. The number of alkyl halides is 3. The molecule has 1 aliphatic heterocycles. The highest BCUT2D eigenvalue weighted by atomic mass is 35.5. The van der Waals surface area contributed by atoms with Gasteiger partial charge in [0, 0.05) is 46.5 Å². The minimum atomic E-state index is -3.96. The average molecular weight is 328 g/mol. The zero-order valence-electron chi connectivity index (χ0n) is 13.2. The van der Waals surface area contributed by atoms with Gasteiger partial charge in [-0.1, -0.05) is 0 Å². The van der Waals surface area contributed by atoms with E-state index in [2.05, 4.69) is 0 Å². The third-order valence-electron chi connectivity index (χ3n) is 2.16. The molecule has 1 rings (SSSR count). The fourth-order valence-corrected chi connectivity index (χ4v) is 4.42. The molecule has 1 atom stereocenters. The first kappa shape index (κ1) is 10.7. The van der Waals surface area contributed by atoms with E-state index >= 15 is 0 Å². The van der Waals surface area contributed by atoms with E-state index in [0.717, 1.165) is 4.67 Å². The molecule has 0 aromatic rings. The van der Waals surface area contributed by atoms with E-state index in [1.807, 2.05) is 0 Å². The molecule has 0 bridgehead atoms. The highest BCUT2D eigenvalue weighted by Gasteiger charge is 2.40. The summed E-state index contributed by atoms with van der Waals surface area (Å²) < 4.78 is 52.1. The molecule has 1 saturated heterocycles. The summed E-state index contributed by atoms with van der Waals surface area (Å²) in [4.78, 5) is 0. The molecule has 8 heteroatoms. The van der Waals surface area contributed by atoms with Crippen molar-refractivity contribution in [3.05, 3.63) is 0 Å². The van der Waals surface area contributed by atoms with Gasteiger partial charge < -0.3 is 4.52 Å². The summed E-state index contributed by atoms with van der Waals surface area (Å²) in [6.45, 7) is -4.27. The maximum atomic E-state index is 13.2. The van der Waals surface area contributed by atoms with E-state index in [9.17, 15) is 4.57 Å². The lowest BCUT2D eigenvalue weighted by Crippen LogP contribution is -2.39. The molecule has 0 radical (unpaired) electrons. The van der Waals surface area contributed by atoms with Gasteiger partial charge >= 0.3 is 7.67 Å². The minimum Gasteiger partial charge on any atom is -0.306 e. The van der Waals surface area contributed by atoms with Crippen LogP contribution in [0.1, 0.15) is 11.9 Å². The predicted molar refractivity (Wildman–Crippen MR) is 73.5 cm³/mol. The largest absolute Gasteiger partial charge is 0.346 e. The van der Waals surface area contributed by atoms with Crippen molar-refractivity contribution in [2.24, 2.45) is 0 Å². The zero-order valence-corrected chi connectivity index (χ0v) is 12.4. The molecule has 0 saturated carbocycles. The second-order valence-electron chi connectivity index (χ2n) is 3.20. The van der Waals surface area contributed by atoms with E-state index < -0.39 is 27.1 Å². The second-order valence-corrected chi connectivity index (χ2v) is 6.55. The summed E-state index contributed by atoms with van der Waals surface area (Å²) in [7, 11) is -3.96. The summed E-state index contributed by atoms with van der Waals surface area (Å²) in [5, 5.41) is 0. The van der Waals surface area contributed by atoms with Crippen LogP contribution in [0, 0.1) is 0 Å². The molecule has 0 aromatic heterocycles. The van der Waals surface area contributed by atoms with Gasteiger partial charge in [-0.2, -0.15) is 0 Å². The smallest absolute Gasteiger partial charge is 0.306 e. The fourth-order valence-electron chi connectivity index (χ4n) is 1.43. The Kier molecular flexibility index (Phi) is 5.18. The third kappa shape index (κ3) is 4.24. The van der Waals surface area contributed by atoms with Crippen LogP contribution in [0.4, 0.5) is 0 Å². The van der Waals surface area contributed by atoms with Gasteiger partial charge in [0.05, 0.1) is 9.30 Å². The predicted octanol–water partition coefficient (Wildman–Crippen LogP) is 2.84. The summed E-state index contributed by atoms with van der Waals surface area (Å²) >= 11 is 17.0. The zero-order chi connectivity index (χ0) is 16.3. The molecule has 0 N–H and O–H groups in total. The van der Waals surface area contributed by atoms with E-state index in [1.165, 1.54) is 4.67 Å². The third-order valence-corrected chi connectivity index (χ3v) is 5.10. The summed E-state index contributed by atoms with van der Waals surface area (Å²) in [5.74, 6) is 0.293.